The molecule has 0 aliphatic carbocycles. The van der Waals surface area contributed by atoms with E-state index in [1.165, 1.54) is 6.08 Å². The molecule has 0 aromatic heterocycles. The Labute approximate surface area is 65.4 Å². The molecule has 0 saturated carbocycles. The zero-order valence-corrected chi connectivity index (χ0v) is 6.28. The third-order valence-electron chi connectivity index (χ3n) is 1.52. The Hall–Kier alpha value is -1.44. The van der Waals surface area contributed by atoms with Gasteiger partial charge in [0.25, 0.3) is 0 Å². The van der Waals surface area contributed by atoms with Gasteiger partial charge in [0.2, 0.25) is 0 Å². The van der Waals surface area contributed by atoms with Gasteiger partial charge in [0.15, 0.2) is 0 Å². The molecular formula is C9H10O2. The molecule has 0 bridgehead atoms. The largest absolute Gasteiger partial charge is 0.516 e. The number of aryl methyl sites for hydroxylation is 1. The van der Waals surface area contributed by atoms with Crippen molar-refractivity contribution in [2.45, 2.75) is 6.92 Å². The van der Waals surface area contributed by atoms with Crippen molar-refractivity contribution in [1.82, 2.24) is 0 Å². The molecule has 1 rings (SSSR count). The number of aliphatic hydroxyl groups excluding tert-OH is 1. The number of benzene rings is 1. The van der Waals surface area contributed by atoms with Crippen LogP contribution in [0.3, 0.4) is 0 Å². The van der Waals surface area contributed by atoms with Crippen LogP contribution in [0.4, 0.5) is 0 Å². The second-order valence-electron chi connectivity index (χ2n) is 2.36. The maximum absolute atomic E-state index is 9.05. The minimum absolute atomic E-state index is 0.212. The predicted octanol–water partition coefficient (Wildman–Crippen LogP) is 2.23. The van der Waals surface area contributed by atoms with Crippen molar-refractivity contribution in [3.8, 4) is 5.75 Å². The van der Waals surface area contributed by atoms with Gasteiger partial charge in [0, 0.05) is 0 Å². The van der Waals surface area contributed by atoms with Crippen LogP contribution in [-0.2, 0) is 0 Å². The summed E-state index contributed by atoms with van der Waals surface area (Å²) in [6, 6.07) is 5.01. The maximum Gasteiger partial charge on any atom is 0.116 e. The van der Waals surface area contributed by atoms with Gasteiger partial charge < -0.3 is 10.2 Å². The van der Waals surface area contributed by atoms with Gasteiger partial charge in [0.05, 0.1) is 6.26 Å². The highest BCUT2D eigenvalue weighted by atomic mass is 16.3. The first-order chi connectivity index (χ1) is 5.24. The van der Waals surface area contributed by atoms with Crippen molar-refractivity contribution < 1.29 is 10.2 Å². The summed E-state index contributed by atoms with van der Waals surface area (Å²) in [7, 11) is 0. The molecule has 0 saturated heterocycles. The molecule has 2 heteroatoms. The highest BCUT2D eigenvalue weighted by Gasteiger charge is 1.94. The summed E-state index contributed by atoms with van der Waals surface area (Å²) in [6.45, 7) is 1.91. The van der Waals surface area contributed by atoms with Crippen molar-refractivity contribution in [2.24, 2.45) is 0 Å². The van der Waals surface area contributed by atoms with Crippen LogP contribution in [0, 0.1) is 6.92 Å². The number of phenolic OH excluding ortho intramolecular Hbond substituents is 1. The first-order valence-corrected chi connectivity index (χ1v) is 3.34. The molecule has 0 aliphatic heterocycles. The molecule has 0 amide bonds. The van der Waals surface area contributed by atoms with E-state index in [-0.39, 0.29) is 5.75 Å². The fraction of sp³-hybridized carbons (Fsp3) is 0.111. The molecule has 0 aliphatic rings. The van der Waals surface area contributed by atoms with Gasteiger partial charge in [-0.1, -0.05) is 6.07 Å². The fourth-order valence-corrected chi connectivity index (χ4v) is 0.888. The van der Waals surface area contributed by atoms with Crippen molar-refractivity contribution in [3.05, 3.63) is 35.6 Å². The lowest BCUT2D eigenvalue weighted by Gasteiger charge is -1.99. The van der Waals surface area contributed by atoms with E-state index in [1.807, 2.05) is 6.92 Å². The third-order valence-corrected chi connectivity index (χ3v) is 1.52. The Balaban J connectivity index is 3.12. The second-order valence-corrected chi connectivity index (χ2v) is 2.36. The van der Waals surface area contributed by atoms with Gasteiger partial charge >= 0.3 is 0 Å². The van der Waals surface area contributed by atoms with Crippen molar-refractivity contribution >= 4 is 6.08 Å². The highest BCUT2D eigenvalue weighted by molar-refractivity contribution is 5.54. The Morgan fingerprint density at radius 1 is 1.36 bits per heavy atom. The normalized spacial score (nSPS) is 10.6. The summed E-state index contributed by atoms with van der Waals surface area (Å²) < 4.78 is 0. The van der Waals surface area contributed by atoms with E-state index in [0.717, 1.165) is 17.4 Å². The van der Waals surface area contributed by atoms with E-state index in [1.54, 1.807) is 18.2 Å². The summed E-state index contributed by atoms with van der Waals surface area (Å²) in [6.07, 6.45) is 2.50. The van der Waals surface area contributed by atoms with Gasteiger partial charge in [-0.15, -0.1) is 0 Å². The number of aliphatic hydroxyl groups is 1. The molecule has 0 fully saturated rings. The lowest BCUT2D eigenvalue weighted by atomic mass is 10.1. The molecule has 0 atom stereocenters. The monoisotopic (exact) mass is 150 g/mol. The number of aromatic hydroxyl groups is 1. The minimum atomic E-state index is 0.212. The smallest absolute Gasteiger partial charge is 0.116 e. The first kappa shape index (κ1) is 7.66. The lowest BCUT2D eigenvalue weighted by molar-refractivity contribution is 0.474. The molecular weight excluding hydrogens is 140 g/mol. The van der Waals surface area contributed by atoms with Crippen LogP contribution >= 0.6 is 0 Å². The summed E-state index contributed by atoms with van der Waals surface area (Å²) in [5.41, 5.74) is 1.85. The standard InChI is InChI=1S/C9H10O2/c1-7-2-3-9(11)6-8(7)4-5-10/h2-6,10-11H,1H3. The molecule has 0 spiro atoms. The number of rotatable bonds is 1. The Kier molecular flexibility index (Phi) is 2.16. The number of hydrogen-bond donors (Lipinski definition) is 2. The fourth-order valence-electron chi connectivity index (χ4n) is 0.888. The van der Waals surface area contributed by atoms with E-state index in [0.29, 0.717) is 0 Å². The van der Waals surface area contributed by atoms with Crippen LogP contribution in [0.15, 0.2) is 24.5 Å². The maximum atomic E-state index is 9.05. The molecule has 1 aromatic rings. The van der Waals surface area contributed by atoms with Crippen LogP contribution in [0.1, 0.15) is 11.1 Å². The summed E-state index contributed by atoms with van der Waals surface area (Å²) >= 11 is 0. The average Bonchev–Trinajstić information content (AvgIpc) is 1.98. The van der Waals surface area contributed by atoms with E-state index in [2.05, 4.69) is 0 Å². The Bertz CT molecular complexity index is 277. The van der Waals surface area contributed by atoms with Gasteiger partial charge in [-0.2, -0.15) is 0 Å². The van der Waals surface area contributed by atoms with Crippen molar-refractivity contribution in [3.63, 3.8) is 0 Å². The molecule has 0 radical (unpaired) electrons. The van der Waals surface area contributed by atoms with Crippen LogP contribution < -0.4 is 0 Å². The van der Waals surface area contributed by atoms with E-state index >= 15 is 0 Å². The minimum Gasteiger partial charge on any atom is -0.516 e. The third kappa shape index (κ3) is 1.74. The summed E-state index contributed by atoms with van der Waals surface area (Å²) in [4.78, 5) is 0. The molecule has 58 valence electrons. The van der Waals surface area contributed by atoms with Gasteiger partial charge in [0.1, 0.15) is 5.75 Å². The lowest BCUT2D eigenvalue weighted by Crippen LogP contribution is -1.78. The number of phenols is 1. The van der Waals surface area contributed by atoms with Gasteiger partial charge in [-0.05, 0) is 36.3 Å². The van der Waals surface area contributed by atoms with E-state index < -0.39 is 0 Å². The second kappa shape index (κ2) is 3.10. The van der Waals surface area contributed by atoms with Crippen LogP contribution in [0.25, 0.3) is 6.08 Å². The summed E-state index contributed by atoms with van der Waals surface area (Å²) in [5.74, 6) is 0.212. The Morgan fingerprint density at radius 3 is 2.73 bits per heavy atom. The van der Waals surface area contributed by atoms with Crippen molar-refractivity contribution in [1.29, 1.82) is 0 Å². The topological polar surface area (TPSA) is 40.5 Å². The van der Waals surface area contributed by atoms with Crippen LogP contribution in [0.5, 0.6) is 5.75 Å². The molecule has 2 nitrogen and oxygen atoms in total. The van der Waals surface area contributed by atoms with E-state index in [4.69, 9.17) is 10.2 Å². The number of hydrogen-bond acceptors (Lipinski definition) is 2. The molecule has 11 heavy (non-hydrogen) atoms. The molecule has 0 unspecified atom stereocenters. The first-order valence-electron chi connectivity index (χ1n) is 3.34. The zero-order chi connectivity index (χ0) is 8.27. The quantitative estimate of drug-likeness (QED) is 0.602. The van der Waals surface area contributed by atoms with Crippen LogP contribution in [-0.4, -0.2) is 10.2 Å². The van der Waals surface area contributed by atoms with Gasteiger partial charge in [-0.25, -0.2) is 0 Å². The average molecular weight is 150 g/mol. The summed E-state index contributed by atoms with van der Waals surface area (Å²) in [5, 5.41) is 17.5. The van der Waals surface area contributed by atoms with E-state index in [9.17, 15) is 0 Å². The molecule has 0 heterocycles. The van der Waals surface area contributed by atoms with Gasteiger partial charge in [-0.3, -0.25) is 0 Å². The zero-order valence-electron chi connectivity index (χ0n) is 6.28. The Morgan fingerprint density at radius 2 is 2.09 bits per heavy atom. The highest BCUT2D eigenvalue weighted by Crippen LogP contribution is 2.16. The molecule has 2 N–H and O–H groups in total. The van der Waals surface area contributed by atoms with Crippen LogP contribution in [0.2, 0.25) is 0 Å². The molecule has 1 aromatic carbocycles. The SMILES string of the molecule is Cc1ccc(O)cc1C=CO. The predicted molar refractivity (Wildman–Crippen MR) is 44.5 cm³/mol. The van der Waals surface area contributed by atoms with Crippen molar-refractivity contribution in [2.75, 3.05) is 0 Å².